The van der Waals surface area contributed by atoms with Crippen LogP contribution in [0.1, 0.15) is 34.1 Å². The highest BCUT2D eigenvalue weighted by Crippen LogP contribution is 2.23. The minimum atomic E-state index is -0.418. The Kier molecular flexibility index (Phi) is 5.56. The summed E-state index contributed by atoms with van der Waals surface area (Å²) >= 11 is 0. The lowest BCUT2D eigenvalue weighted by Gasteiger charge is -2.25. The van der Waals surface area contributed by atoms with E-state index in [-0.39, 0.29) is 23.9 Å². The van der Waals surface area contributed by atoms with Crippen molar-refractivity contribution in [3.8, 4) is 0 Å². The molecular formula is C11H23ClN2O2. The molecule has 1 fully saturated rings. The molecule has 0 spiro atoms. The Morgan fingerprint density at radius 3 is 2.56 bits per heavy atom. The molecule has 0 aromatic rings. The number of hydrogen-bond acceptors (Lipinski definition) is 3. The molecule has 1 rings (SSSR count). The van der Waals surface area contributed by atoms with E-state index in [2.05, 4.69) is 17.6 Å². The van der Waals surface area contributed by atoms with E-state index in [0.29, 0.717) is 6.54 Å². The summed E-state index contributed by atoms with van der Waals surface area (Å²) in [5.74, 6) is 0. The maximum absolute atomic E-state index is 11.4. The van der Waals surface area contributed by atoms with Gasteiger partial charge in [0, 0.05) is 13.1 Å². The van der Waals surface area contributed by atoms with Gasteiger partial charge in [0.2, 0.25) is 0 Å². The first-order chi connectivity index (χ1) is 6.81. The number of halogens is 1. The van der Waals surface area contributed by atoms with E-state index in [4.69, 9.17) is 4.74 Å². The number of rotatable bonds is 2. The Morgan fingerprint density at radius 2 is 2.12 bits per heavy atom. The highest BCUT2D eigenvalue weighted by Gasteiger charge is 2.29. The van der Waals surface area contributed by atoms with Crippen LogP contribution >= 0.6 is 12.4 Å². The largest absolute Gasteiger partial charge is 0.444 e. The van der Waals surface area contributed by atoms with Crippen LogP contribution in [0.5, 0.6) is 0 Å². The van der Waals surface area contributed by atoms with Crippen LogP contribution in [-0.2, 0) is 4.74 Å². The van der Waals surface area contributed by atoms with Crippen molar-refractivity contribution in [3.05, 3.63) is 0 Å². The summed E-state index contributed by atoms with van der Waals surface area (Å²) in [6.45, 7) is 10.4. The molecule has 0 aliphatic carbocycles. The van der Waals surface area contributed by atoms with Gasteiger partial charge in [0.15, 0.2) is 0 Å². The highest BCUT2D eigenvalue weighted by atomic mass is 35.5. The minimum Gasteiger partial charge on any atom is -0.444 e. The van der Waals surface area contributed by atoms with Gasteiger partial charge in [-0.25, -0.2) is 4.79 Å². The summed E-state index contributed by atoms with van der Waals surface area (Å²) in [4.78, 5) is 11.4. The number of carbonyl (C=O) groups excluding carboxylic acids is 1. The SMILES string of the molecule is CC(C)(C)OC(=O)NC[C@@]1(C)CCNC1.Cl. The summed E-state index contributed by atoms with van der Waals surface area (Å²) < 4.78 is 5.17. The Hall–Kier alpha value is -0.480. The predicted molar refractivity (Wildman–Crippen MR) is 67.1 cm³/mol. The Labute approximate surface area is 104 Å². The van der Waals surface area contributed by atoms with Crippen molar-refractivity contribution in [2.45, 2.75) is 39.7 Å². The standard InChI is InChI=1S/C11H22N2O2.ClH/c1-10(2,3)15-9(14)13-8-11(4)5-6-12-7-11;/h12H,5-8H2,1-4H3,(H,13,14);1H/t11-;/m0./s1. The fourth-order valence-electron chi connectivity index (χ4n) is 1.62. The zero-order chi connectivity index (χ0) is 11.5. The quantitative estimate of drug-likeness (QED) is 0.788. The summed E-state index contributed by atoms with van der Waals surface area (Å²) in [6, 6.07) is 0. The molecule has 1 aliphatic heterocycles. The average molecular weight is 251 g/mol. The van der Waals surface area contributed by atoms with Gasteiger partial charge in [-0.15, -0.1) is 12.4 Å². The van der Waals surface area contributed by atoms with Crippen LogP contribution in [0.15, 0.2) is 0 Å². The van der Waals surface area contributed by atoms with E-state index in [1.165, 1.54) is 0 Å². The topological polar surface area (TPSA) is 50.4 Å². The van der Waals surface area contributed by atoms with Crippen LogP contribution in [-0.4, -0.2) is 31.3 Å². The molecule has 4 nitrogen and oxygen atoms in total. The second-order valence-corrected chi connectivity index (χ2v) is 5.59. The van der Waals surface area contributed by atoms with Crippen LogP contribution in [0.25, 0.3) is 0 Å². The van der Waals surface area contributed by atoms with Gasteiger partial charge in [-0.2, -0.15) is 0 Å². The first-order valence-corrected chi connectivity index (χ1v) is 5.48. The van der Waals surface area contributed by atoms with Crippen molar-refractivity contribution >= 4 is 18.5 Å². The lowest BCUT2D eigenvalue weighted by Crippen LogP contribution is -2.39. The third kappa shape index (κ3) is 5.56. The molecule has 16 heavy (non-hydrogen) atoms. The van der Waals surface area contributed by atoms with E-state index in [9.17, 15) is 4.79 Å². The number of alkyl carbamates (subject to hydrolysis) is 1. The Balaban J connectivity index is 0.00000225. The minimum absolute atomic E-state index is 0. The van der Waals surface area contributed by atoms with Gasteiger partial charge in [0.25, 0.3) is 0 Å². The zero-order valence-corrected chi connectivity index (χ0v) is 11.4. The van der Waals surface area contributed by atoms with Crippen LogP contribution < -0.4 is 10.6 Å². The summed E-state index contributed by atoms with van der Waals surface area (Å²) in [7, 11) is 0. The number of ether oxygens (including phenoxy) is 1. The van der Waals surface area contributed by atoms with Crippen molar-refractivity contribution < 1.29 is 9.53 Å². The Morgan fingerprint density at radius 1 is 1.50 bits per heavy atom. The predicted octanol–water partition coefficient (Wildman–Crippen LogP) is 1.93. The molecule has 0 bridgehead atoms. The van der Waals surface area contributed by atoms with E-state index in [0.717, 1.165) is 19.5 Å². The number of carbonyl (C=O) groups is 1. The summed E-state index contributed by atoms with van der Waals surface area (Å²) in [5.41, 5.74) is -0.240. The van der Waals surface area contributed by atoms with Gasteiger partial charge in [-0.05, 0) is 39.2 Å². The lowest BCUT2D eigenvalue weighted by atomic mass is 9.90. The molecule has 0 saturated carbocycles. The number of amides is 1. The third-order valence-electron chi connectivity index (χ3n) is 2.52. The molecule has 1 heterocycles. The number of hydrogen-bond donors (Lipinski definition) is 2. The van der Waals surface area contributed by atoms with Crippen LogP contribution in [0.3, 0.4) is 0 Å². The van der Waals surface area contributed by atoms with Gasteiger partial charge < -0.3 is 15.4 Å². The molecule has 0 aromatic heterocycles. The molecule has 1 atom stereocenters. The van der Waals surface area contributed by atoms with Crippen LogP contribution in [0.4, 0.5) is 4.79 Å². The second-order valence-electron chi connectivity index (χ2n) is 5.59. The fraction of sp³-hybridized carbons (Fsp3) is 0.909. The van der Waals surface area contributed by atoms with Crippen molar-refractivity contribution in [2.24, 2.45) is 5.41 Å². The Bertz CT molecular complexity index is 233. The lowest BCUT2D eigenvalue weighted by molar-refractivity contribution is 0.0507. The molecule has 0 aromatic carbocycles. The van der Waals surface area contributed by atoms with Crippen molar-refractivity contribution in [3.63, 3.8) is 0 Å². The molecular weight excluding hydrogens is 228 g/mol. The average Bonchev–Trinajstić information content (AvgIpc) is 2.47. The van der Waals surface area contributed by atoms with Crippen molar-refractivity contribution in [1.29, 1.82) is 0 Å². The van der Waals surface area contributed by atoms with Crippen molar-refractivity contribution in [1.82, 2.24) is 10.6 Å². The zero-order valence-electron chi connectivity index (χ0n) is 10.6. The molecule has 2 N–H and O–H groups in total. The first kappa shape index (κ1) is 15.5. The number of nitrogens with one attached hydrogen (secondary N) is 2. The summed E-state index contributed by atoms with van der Waals surface area (Å²) in [5, 5.41) is 6.11. The normalized spacial score (nSPS) is 24.8. The smallest absolute Gasteiger partial charge is 0.407 e. The van der Waals surface area contributed by atoms with Gasteiger partial charge in [-0.1, -0.05) is 6.92 Å². The maximum Gasteiger partial charge on any atom is 0.407 e. The monoisotopic (exact) mass is 250 g/mol. The highest BCUT2D eigenvalue weighted by molar-refractivity contribution is 5.85. The van der Waals surface area contributed by atoms with Crippen molar-refractivity contribution in [2.75, 3.05) is 19.6 Å². The van der Waals surface area contributed by atoms with E-state index >= 15 is 0 Å². The summed E-state index contributed by atoms with van der Waals surface area (Å²) in [6.07, 6.45) is 0.777. The van der Waals surface area contributed by atoms with Crippen LogP contribution in [0.2, 0.25) is 0 Å². The van der Waals surface area contributed by atoms with E-state index in [1.807, 2.05) is 20.8 Å². The second kappa shape index (κ2) is 5.73. The van der Waals surface area contributed by atoms with E-state index < -0.39 is 5.60 Å². The first-order valence-electron chi connectivity index (χ1n) is 5.48. The van der Waals surface area contributed by atoms with Gasteiger partial charge in [0.1, 0.15) is 5.60 Å². The van der Waals surface area contributed by atoms with Gasteiger partial charge in [-0.3, -0.25) is 0 Å². The molecule has 1 aliphatic rings. The molecule has 0 radical (unpaired) electrons. The third-order valence-corrected chi connectivity index (χ3v) is 2.52. The van der Waals surface area contributed by atoms with Gasteiger partial charge >= 0.3 is 6.09 Å². The molecule has 96 valence electrons. The van der Waals surface area contributed by atoms with E-state index in [1.54, 1.807) is 0 Å². The fourth-order valence-corrected chi connectivity index (χ4v) is 1.62. The molecule has 1 saturated heterocycles. The maximum atomic E-state index is 11.4. The molecule has 0 unspecified atom stereocenters. The van der Waals surface area contributed by atoms with Gasteiger partial charge in [0.05, 0.1) is 0 Å². The van der Waals surface area contributed by atoms with Crippen LogP contribution in [0, 0.1) is 5.41 Å². The molecule has 1 amide bonds. The molecule has 5 heteroatoms.